The molecule has 20 heavy (non-hydrogen) atoms. The fraction of sp³-hybridized carbons (Fsp3) is 0.533. The number of aromatic amines is 1. The lowest BCUT2D eigenvalue weighted by atomic mass is 10.3. The molecule has 0 aromatic carbocycles. The average Bonchev–Trinajstić information content (AvgIpc) is 2.95. The first-order chi connectivity index (χ1) is 9.52. The first-order valence-corrected chi connectivity index (χ1v) is 6.96. The monoisotopic (exact) mass is 276 g/mol. The molecular weight excluding hydrogens is 252 g/mol. The molecule has 0 radical (unpaired) electrons. The number of furan rings is 1. The van der Waals surface area contributed by atoms with Gasteiger partial charge in [-0.3, -0.25) is 4.90 Å². The van der Waals surface area contributed by atoms with Gasteiger partial charge in [0, 0.05) is 31.5 Å². The molecule has 0 aliphatic rings. The minimum atomic E-state index is 0.819. The van der Waals surface area contributed by atoms with Crippen molar-refractivity contribution in [2.24, 2.45) is 0 Å². The van der Waals surface area contributed by atoms with E-state index in [9.17, 15) is 0 Å². The van der Waals surface area contributed by atoms with E-state index < -0.39 is 0 Å². The number of nitrogens with one attached hydrogen (secondary N) is 1. The Morgan fingerprint density at radius 1 is 1.15 bits per heavy atom. The van der Waals surface area contributed by atoms with Crippen LogP contribution in [0.2, 0.25) is 0 Å². The zero-order valence-corrected chi connectivity index (χ0v) is 12.8. The van der Waals surface area contributed by atoms with Gasteiger partial charge in [0.1, 0.15) is 17.3 Å². The van der Waals surface area contributed by atoms with E-state index in [0.29, 0.717) is 0 Å². The van der Waals surface area contributed by atoms with Gasteiger partial charge in [0.15, 0.2) is 0 Å². The van der Waals surface area contributed by atoms with Gasteiger partial charge in [-0.1, -0.05) is 0 Å². The van der Waals surface area contributed by atoms with Crippen molar-refractivity contribution >= 4 is 0 Å². The molecule has 0 spiro atoms. The largest absolute Gasteiger partial charge is 0.465 e. The second-order valence-corrected chi connectivity index (χ2v) is 5.52. The first-order valence-electron chi connectivity index (χ1n) is 6.96. The van der Waals surface area contributed by atoms with Gasteiger partial charge in [-0.25, -0.2) is 4.98 Å². The van der Waals surface area contributed by atoms with Crippen LogP contribution in [0.25, 0.3) is 0 Å². The summed E-state index contributed by atoms with van der Waals surface area (Å²) < 4.78 is 5.68. The number of hydrogen-bond donors (Lipinski definition) is 1. The van der Waals surface area contributed by atoms with Crippen LogP contribution < -0.4 is 0 Å². The average molecular weight is 276 g/mol. The summed E-state index contributed by atoms with van der Waals surface area (Å²) in [4.78, 5) is 12.1. The van der Waals surface area contributed by atoms with Crippen LogP contribution in [-0.4, -0.2) is 47.0 Å². The Hall–Kier alpha value is -1.59. The van der Waals surface area contributed by atoms with Crippen LogP contribution in [0.4, 0.5) is 0 Å². The molecule has 2 heterocycles. The minimum Gasteiger partial charge on any atom is -0.465 e. The van der Waals surface area contributed by atoms with Crippen molar-refractivity contribution in [1.29, 1.82) is 0 Å². The Labute approximate surface area is 120 Å². The molecule has 2 aromatic heterocycles. The zero-order chi connectivity index (χ0) is 14.5. The van der Waals surface area contributed by atoms with Crippen LogP contribution in [0.15, 0.2) is 22.7 Å². The number of H-pyrrole nitrogens is 1. The van der Waals surface area contributed by atoms with Crippen LogP contribution in [0.5, 0.6) is 0 Å². The summed E-state index contributed by atoms with van der Waals surface area (Å²) >= 11 is 0. The molecule has 0 saturated heterocycles. The predicted molar refractivity (Wildman–Crippen MR) is 79.4 cm³/mol. The molecule has 0 amide bonds. The van der Waals surface area contributed by atoms with Crippen molar-refractivity contribution < 1.29 is 4.42 Å². The lowest BCUT2D eigenvalue weighted by Crippen LogP contribution is -2.31. The highest BCUT2D eigenvalue weighted by Gasteiger charge is 2.11. The Bertz CT molecular complexity index is 487. The van der Waals surface area contributed by atoms with E-state index >= 15 is 0 Å². The molecule has 0 fully saturated rings. The summed E-state index contributed by atoms with van der Waals surface area (Å²) in [5.74, 6) is 2.93. The highest BCUT2D eigenvalue weighted by Crippen LogP contribution is 2.12. The number of likely N-dealkylation sites (N-methyl/N-ethyl adjacent to an activating group) is 1. The first kappa shape index (κ1) is 14.8. The van der Waals surface area contributed by atoms with Gasteiger partial charge in [0.05, 0.1) is 6.54 Å². The third-order valence-electron chi connectivity index (χ3n) is 3.19. The molecular formula is C15H24N4O. The third-order valence-corrected chi connectivity index (χ3v) is 3.19. The summed E-state index contributed by atoms with van der Waals surface area (Å²) in [5, 5.41) is 0. The van der Waals surface area contributed by atoms with Crippen LogP contribution in [-0.2, 0) is 13.1 Å². The molecule has 0 bridgehead atoms. The zero-order valence-electron chi connectivity index (χ0n) is 12.8. The van der Waals surface area contributed by atoms with E-state index in [1.165, 1.54) is 0 Å². The molecule has 5 nitrogen and oxygen atoms in total. The van der Waals surface area contributed by atoms with Crippen molar-refractivity contribution in [2.45, 2.75) is 26.9 Å². The van der Waals surface area contributed by atoms with Crippen LogP contribution in [0.1, 0.15) is 23.0 Å². The molecule has 2 rings (SSSR count). The quantitative estimate of drug-likeness (QED) is 0.842. The van der Waals surface area contributed by atoms with E-state index in [-0.39, 0.29) is 0 Å². The Morgan fingerprint density at radius 3 is 2.50 bits per heavy atom. The smallest absolute Gasteiger partial charge is 0.118 e. The predicted octanol–water partition coefficient (Wildman–Crippen LogP) is 2.18. The normalized spacial score (nSPS) is 11.7. The lowest BCUT2D eigenvalue weighted by Gasteiger charge is -2.22. The molecule has 5 heteroatoms. The van der Waals surface area contributed by atoms with Gasteiger partial charge in [-0.2, -0.15) is 0 Å². The van der Waals surface area contributed by atoms with Crippen LogP contribution >= 0.6 is 0 Å². The molecule has 0 aliphatic carbocycles. The maximum atomic E-state index is 5.68. The van der Waals surface area contributed by atoms with E-state index in [0.717, 1.165) is 49.2 Å². The molecule has 0 atom stereocenters. The van der Waals surface area contributed by atoms with Gasteiger partial charge in [-0.15, -0.1) is 0 Å². The van der Waals surface area contributed by atoms with Crippen LogP contribution in [0, 0.1) is 13.8 Å². The minimum absolute atomic E-state index is 0.819. The maximum Gasteiger partial charge on any atom is 0.118 e. The van der Waals surface area contributed by atoms with E-state index in [4.69, 9.17) is 4.42 Å². The molecule has 0 aliphatic heterocycles. The van der Waals surface area contributed by atoms with Crippen molar-refractivity contribution in [1.82, 2.24) is 19.8 Å². The highest BCUT2D eigenvalue weighted by atomic mass is 16.3. The number of hydrogen-bond acceptors (Lipinski definition) is 4. The van der Waals surface area contributed by atoms with Gasteiger partial charge < -0.3 is 14.3 Å². The SMILES string of the molecule is Cc1ncc(CN(CCN(C)C)Cc2ccc(C)o2)[nH]1. The van der Waals surface area contributed by atoms with Gasteiger partial charge in [0.25, 0.3) is 0 Å². The van der Waals surface area contributed by atoms with Crippen molar-refractivity contribution in [3.8, 4) is 0 Å². The van der Waals surface area contributed by atoms with E-state index in [2.05, 4.69) is 39.9 Å². The van der Waals surface area contributed by atoms with Crippen molar-refractivity contribution in [2.75, 3.05) is 27.2 Å². The molecule has 2 aromatic rings. The highest BCUT2D eigenvalue weighted by molar-refractivity contribution is 5.06. The standard InChI is InChI=1S/C15H24N4O/c1-12-5-6-15(20-12)11-19(8-7-18(3)4)10-14-9-16-13(2)17-14/h5-6,9H,7-8,10-11H2,1-4H3,(H,16,17). The number of aryl methyl sites for hydroxylation is 2. The number of imidazole rings is 1. The van der Waals surface area contributed by atoms with Gasteiger partial charge in [0.2, 0.25) is 0 Å². The number of rotatable bonds is 7. The third kappa shape index (κ3) is 4.51. The van der Waals surface area contributed by atoms with Gasteiger partial charge >= 0.3 is 0 Å². The Kier molecular flexibility index (Phi) is 4.98. The summed E-state index contributed by atoms with van der Waals surface area (Å²) in [6, 6.07) is 4.07. The summed E-state index contributed by atoms with van der Waals surface area (Å²) in [7, 11) is 4.19. The maximum absolute atomic E-state index is 5.68. The van der Waals surface area contributed by atoms with E-state index in [1.807, 2.05) is 26.1 Å². The molecule has 0 unspecified atom stereocenters. The van der Waals surface area contributed by atoms with E-state index in [1.54, 1.807) is 0 Å². The van der Waals surface area contributed by atoms with Crippen molar-refractivity contribution in [3.63, 3.8) is 0 Å². The Balaban J connectivity index is 1.99. The molecule has 110 valence electrons. The van der Waals surface area contributed by atoms with Crippen LogP contribution in [0.3, 0.4) is 0 Å². The van der Waals surface area contributed by atoms with Gasteiger partial charge in [-0.05, 0) is 40.1 Å². The fourth-order valence-electron chi connectivity index (χ4n) is 2.14. The number of nitrogens with zero attached hydrogens (tertiary/aromatic N) is 3. The summed E-state index contributed by atoms with van der Waals surface area (Å²) in [6.07, 6.45) is 1.91. The lowest BCUT2D eigenvalue weighted by molar-refractivity contribution is 0.208. The van der Waals surface area contributed by atoms with Crippen molar-refractivity contribution in [3.05, 3.63) is 41.4 Å². The number of aromatic nitrogens is 2. The fourth-order valence-corrected chi connectivity index (χ4v) is 2.14. The second-order valence-electron chi connectivity index (χ2n) is 5.52. The Morgan fingerprint density at radius 2 is 1.95 bits per heavy atom. The molecule has 1 N–H and O–H groups in total. The summed E-state index contributed by atoms with van der Waals surface area (Å²) in [5.41, 5.74) is 1.14. The summed E-state index contributed by atoms with van der Waals surface area (Å²) in [6.45, 7) is 7.64. The second kappa shape index (κ2) is 6.72. The topological polar surface area (TPSA) is 48.3 Å². The molecule has 0 saturated carbocycles.